The van der Waals surface area contributed by atoms with Crippen molar-refractivity contribution in [3.63, 3.8) is 0 Å². The van der Waals surface area contributed by atoms with Gasteiger partial charge in [-0.2, -0.15) is 13.2 Å². The van der Waals surface area contributed by atoms with E-state index in [0.717, 1.165) is 17.2 Å². The van der Waals surface area contributed by atoms with Gasteiger partial charge in [-0.25, -0.2) is 9.78 Å². The molecule has 0 saturated heterocycles. The first-order chi connectivity index (χ1) is 17.7. The summed E-state index contributed by atoms with van der Waals surface area (Å²) in [6, 6.07) is 9.90. The van der Waals surface area contributed by atoms with E-state index in [-0.39, 0.29) is 35.2 Å². The first kappa shape index (κ1) is 23.1. The smallest absolute Gasteiger partial charge is 0.416 e. The summed E-state index contributed by atoms with van der Waals surface area (Å²) in [6.45, 7) is 1.37. The summed E-state index contributed by atoms with van der Waals surface area (Å²) >= 11 is 0. The molecule has 1 aromatic heterocycles. The highest BCUT2D eigenvalue weighted by molar-refractivity contribution is 5.93. The van der Waals surface area contributed by atoms with E-state index in [9.17, 15) is 22.8 Å². The van der Waals surface area contributed by atoms with Gasteiger partial charge < -0.3 is 25.4 Å². The van der Waals surface area contributed by atoms with Crippen LogP contribution in [0.15, 0.2) is 48.7 Å². The Kier molecular flexibility index (Phi) is 5.25. The number of alkyl halides is 3. The molecule has 3 atom stereocenters. The fourth-order valence-corrected chi connectivity index (χ4v) is 4.88. The van der Waals surface area contributed by atoms with Crippen LogP contribution in [0, 0.1) is 6.92 Å². The van der Waals surface area contributed by atoms with Gasteiger partial charge in [-0.1, -0.05) is 6.07 Å². The quantitative estimate of drug-likeness (QED) is 0.452. The van der Waals surface area contributed by atoms with Gasteiger partial charge in [-0.3, -0.25) is 4.79 Å². The number of rotatable bonds is 4. The molecule has 3 N–H and O–H groups in total. The van der Waals surface area contributed by atoms with Crippen molar-refractivity contribution in [3.8, 4) is 17.2 Å². The number of hydrogen-bond acceptors (Lipinski definition) is 5. The van der Waals surface area contributed by atoms with Crippen molar-refractivity contribution >= 4 is 23.4 Å². The van der Waals surface area contributed by atoms with Crippen molar-refractivity contribution in [3.05, 3.63) is 70.9 Å². The van der Waals surface area contributed by atoms with E-state index in [1.807, 2.05) is 6.07 Å². The molecule has 8 nitrogen and oxygen atoms in total. The number of nitrogens with zero attached hydrogens (tertiary/aromatic N) is 1. The summed E-state index contributed by atoms with van der Waals surface area (Å²) < 4.78 is 51.6. The average Bonchev–Trinajstić information content (AvgIpc) is 3.35. The van der Waals surface area contributed by atoms with Crippen molar-refractivity contribution in [1.29, 1.82) is 0 Å². The fraction of sp³-hybridized carbons (Fsp3) is 0.269. The molecular weight excluding hydrogens is 489 g/mol. The molecule has 2 aromatic carbocycles. The SMILES string of the molecule is Cc1ccc(NC(=O)N[C@@H]2[C@H]3Oc4ccc(Oc5ccnc6c5CCC(=O)N6)cc4[C@@H]23)cc1C(F)(F)F. The number of amides is 3. The highest BCUT2D eigenvalue weighted by atomic mass is 19.4. The summed E-state index contributed by atoms with van der Waals surface area (Å²) in [5, 5.41) is 8.01. The molecule has 190 valence electrons. The van der Waals surface area contributed by atoms with Gasteiger partial charge in [0, 0.05) is 29.4 Å². The number of benzene rings is 2. The second-order valence-electron chi connectivity index (χ2n) is 9.25. The first-order valence-corrected chi connectivity index (χ1v) is 11.7. The normalized spacial score (nSPS) is 21.1. The van der Waals surface area contributed by atoms with Crippen LogP contribution in [-0.2, 0) is 17.4 Å². The van der Waals surface area contributed by atoms with Crippen LogP contribution < -0.4 is 25.4 Å². The molecule has 3 aromatic rings. The standard InChI is InChI=1S/C26H21F3N4O4/c1-12-2-3-13(10-17(12)26(27,28)29)31-25(35)33-22-21-16-11-14(4-6-18(16)37-23(21)22)36-19-8-9-30-24-15(19)5-7-20(34)32-24/h2-4,6,8-11,21-23H,5,7H2,1H3,(H,30,32,34)(H2,31,33,35)/t21-,22-,23-/m0/s1. The fourth-order valence-electron chi connectivity index (χ4n) is 4.88. The number of carbonyl (C=O) groups excluding carboxylic acids is 2. The van der Waals surface area contributed by atoms with Gasteiger partial charge in [0.1, 0.15) is 29.2 Å². The highest BCUT2D eigenvalue weighted by Gasteiger charge is 2.59. The van der Waals surface area contributed by atoms with Crippen LogP contribution in [-0.4, -0.2) is 29.1 Å². The number of pyridine rings is 1. The summed E-state index contributed by atoms with van der Waals surface area (Å²) in [6.07, 6.45) is -2.32. The topological polar surface area (TPSA) is 102 Å². The summed E-state index contributed by atoms with van der Waals surface area (Å²) in [5.74, 6) is 2.17. The molecule has 3 aliphatic rings. The van der Waals surface area contributed by atoms with Crippen LogP contribution in [0.4, 0.5) is 29.5 Å². The molecule has 37 heavy (non-hydrogen) atoms. The molecule has 0 radical (unpaired) electrons. The maximum absolute atomic E-state index is 13.2. The minimum Gasteiger partial charge on any atom is -0.487 e. The Balaban J connectivity index is 1.13. The molecule has 0 unspecified atom stereocenters. The molecule has 3 amide bonds. The van der Waals surface area contributed by atoms with Crippen molar-refractivity contribution in [2.75, 3.05) is 10.6 Å². The van der Waals surface area contributed by atoms with Crippen LogP contribution in [0.25, 0.3) is 0 Å². The number of anilines is 2. The van der Waals surface area contributed by atoms with Gasteiger partial charge in [0.25, 0.3) is 0 Å². The third kappa shape index (κ3) is 4.30. The number of aromatic nitrogens is 1. The molecule has 0 bridgehead atoms. The number of fused-ring (bicyclic) bond motifs is 4. The van der Waals surface area contributed by atoms with Gasteiger partial charge in [-0.15, -0.1) is 0 Å². The molecule has 1 fully saturated rings. The van der Waals surface area contributed by atoms with Crippen LogP contribution in [0.1, 0.15) is 34.6 Å². The highest BCUT2D eigenvalue weighted by Crippen LogP contribution is 2.54. The average molecular weight is 510 g/mol. The van der Waals surface area contributed by atoms with E-state index in [1.165, 1.54) is 19.1 Å². The molecule has 11 heteroatoms. The zero-order valence-corrected chi connectivity index (χ0v) is 19.5. The van der Waals surface area contributed by atoms with Gasteiger partial charge in [-0.05, 0) is 55.3 Å². The maximum Gasteiger partial charge on any atom is 0.416 e. The predicted octanol–water partition coefficient (Wildman–Crippen LogP) is 5.13. The Morgan fingerprint density at radius 2 is 2.00 bits per heavy atom. The number of halogens is 3. The third-order valence-corrected chi connectivity index (χ3v) is 6.76. The van der Waals surface area contributed by atoms with E-state index >= 15 is 0 Å². The third-order valence-electron chi connectivity index (χ3n) is 6.76. The first-order valence-electron chi connectivity index (χ1n) is 11.7. The molecule has 2 aliphatic heterocycles. The Labute approximate surface area is 209 Å². The van der Waals surface area contributed by atoms with Crippen LogP contribution in [0.5, 0.6) is 17.2 Å². The molecule has 3 heterocycles. The summed E-state index contributed by atoms with van der Waals surface area (Å²) in [7, 11) is 0. The lowest BCUT2D eigenvalue weighted by atomic mass is 10.1. The van der Waals surface area contributed by atoms with E-state index in [4.69, 9.17) is 9.47 Å². The Morgan fingerprint density at radius 1 is 1.16 bits per heavy atom. The largest absolute Gasteiger partial charge is 0.487 e. The maximum atomic E-state index is 13.2. The van der Waals surface area contributed by atoms with Crippen molar-refractivity contribution in [2.24, 2.45) is 0 Å². The van der Waals surface area contributed by atoms with Crippen molar-refractivity contribution < 1.29 is 32.2 Å². The number of hydrogen-bond donors (Lipinski definition) is 3. The molecule has 1 aliphatic carbocycles. The van der Waals surface area contributed by atoms with Crippen LogP contribution in [0.3, 0.4) is 0 Å². The van der Waals surface area contributed by atoms with Gasteiger partial charge in [0.15, 0.2) is 0 Å². The molecule has 0 spiro atoms. The van der Waals surface area contributed by atoms with Gasteiger partial charge in [0.2, 0.25) is 5.91 Å². The summed E-state index contributed by atoms with van der Waals surface area (Å²) in [4.78, 5) is 28.4. The van der Waals surface area contributed by atoms with Crippen LogP contribution >= 0.6 is 0 Å². The van der Waals surface area contributed by atoms with E-state index < -0.39 is 17.8 Å². The lowest BCUT2D eigenvalue weighted by Crippen LogP contribution is -2.34. The lowest BCUT2D eigenvalue weighted by molar-refractivity contribution is -0.138. The molecular formula is C26H21F3N4O4. The van der Waals surface area contributed by atoms with Crippen molar-refractivity contribution in [2.45, 2.75) is 44.0 Å². The number of nitrogens with one attached hydrogen (secondary N) is 3. The molecule has 1 saturated carbocycles. The number of carbonyl (C=O) groups is 2. The van der Waals surface area contributed by atoms with E-state index in [1.54, 1.807) is 24.4 Å². The Hall–Kier alpha value is -4.28. The number of aryl methyl sites for hydroxylation is 1. The Morgan fingerprint density at radius 3 is 2.81 bits per heavy atom. The number of urea groups is 1. The van der Waals surface area contributed by atoms with E-state index in [2.05, 4.69) is 20.9 Å². The summed E-state index contributed by atoms with van der Waals surface area (Å²) in [5.41, 5.74) is 1.03. The minimum absolute atomic E-state index is 0.0510. The van der Waals surface area contributed by atoms with Gasteiger partial charge >= 0.3 is 12.2 Å². The van der Waals surface area contributed by atoms with Crippen molar-refractivity contribution in [1.82, 2.24) is 10.3 Å². The minimum atomic E-state index is -4.51. The molecule has 6 rings (SSSR count). The van der Waals surface area contributed by atoms with Crippen LogP contribution in [0.2, 0.25) is 0 Å². The van der Waals surface area contributed by atoms with Gasteiger partial charge in [0.05, 0.1) is 17.5 Å². The number of ether oxygens (including phenoxy) is 2. The monoisotopic (exact) mass is 510 g/mol. The second-order valence-corrected chi connectivity index (χ2v) is 9.25. The Bertz CT molecular complexity index is 1440. The predicted molar refractivity (Wildman–Crippen MR) is 127 cm³/mol. The van der Waals surface area contributed by atoms with E-state index in [0.29, 0.717) is 35.9 Å². The zero-order valence-electron chi connectivity index (χ0n) is 19.5. The second kappa shape index (κ2) is 8.39. The zero-order chi connectivity index (χ0) is 25.9. The lowest BCUT2D eigenvalue weighted by Gasteiger charge is -2.19.